The van der Waals surface area contributed by atoms with Crippen LogP contribution in [0.5, 0.6) is 5.75 Å². The molecule has 4 nitrogen and oxygen atoms in total. The van der Waals surface area contributed by atoms with Gasteiger partial charge >= 0.3 is 0 Å². The molecule has 5 heteroatoms. The monoisotopic (exact) mass is 321 g/mol. The SMILES string of the molecule is CCNc1cnc(COc2ccc(Br)c(C)c2)cn1. The lowest BCUT2D eigenvalue weighted by Gasteiger charge is -2.08. The predicted molar refractivity (Wildman–Crippen MR) is 79.4 cm³/mol. The molecule has 1 heterocycles. The number of halogens is 1. The maximum Gasteiger partial charge on any atom is 0.144 e. The lowest BCUT2D eigenvalue weighted by molar-refractivity contribution is 0.300. The van der Waals surface area contributed by atoms with Crippen molar-refractivity contribution in [1.29, 1.82) is 0 Å². The van der Waals surface area contributed by atoms with E-state index < -0.39 is 0 Å². The van der Waals surface area contributed by atoms with E-state index in [-0.39, 0.29) is 0 Å². The van der Waals surface area contributed by atoms with Gasteiger partial charge in [-0.3, -0.25) is 4.98 Å². The summed E-state index contributed by atoms with van der Waals surface area (Å²) in [7, 11) is 0. The number of aryl methyl sites for hydroxylation is 1. The van der Waals surface area contributed by atoms with E-state index in [0.717, 1.165) is 33.8 Å². The third-order valence-electron chi connectivity index (χ3n) is 2.58. The van der Waals surface area contributed by atoms with E-state index in [2.05, 4.69) is 31.2 Å². The minimum absolute atomic E-state index is 0.417. The van der Waals surface area contributed by atoms with Crippen molar-refractivity contribution in [2.24, 2.45) is 0 Å². The summed E-state index contributed by atoms with van der Waals surface area (Å²) >= 11 is 3.46. The standard InChI is InChI=1S/C14H16BrN3O/c1-3-16-14-8-17-11(7-18-14)9-19-12-4-5-13(15)10(2)6-12/h4-8H,3,9H2,1-2H3,(H,16,18). The van der Waals surface area contributed by atoms with Crippen LogP contribution in [-0.2, 0) is 6.61 Å². The number of benzene rings is 1. The van der Waals surface area contributed by atoms with Gasteiger partial charge in [-0.2, -0.15) is 0 Å². The van der Waals surface area contributed by atoms with E-state index >= 15 is 0 Å². The molecule has 0 aliphatic carbocycles. The number of aromatic nitrogens is 2. The van der Waals surface area contributed by atoms with Crippen molar-refractivity contribution >= 4 is 21.7 Å². The van der Waals surface area contributed by atoms with E-state index in [4.69, 9.17) is 4.74 Å². The van der Waals surface area contributed by atoms with Crippen molar-refractivity contribution < 1.29 is 4.74 Å². The van der Waals surface area contributed by atoms with Gasteiger partial charge in [0, 0.05) is 11.0 Å². The molecule has 2 rings (SSSR count). The summed E-state index contributed by atoms with van der Waals surface area (Å²) in [5, 5.41) is 3.10. The Balaban J connectivity index is 1.96. The maximum absolute atomic E-state index is 5.68. The molecule has 0 amide bonds. The zero-order chi connectivity index (χ0) is 13.7. The van der Waals surface area contributed by atoms with Crippen LogP contribution in [0.25, 0.3) is 0 Å². The average molecular weight is 322 g/mol. The number of rotatable bonds is 5. The van der Waals surface area contributed by atoms with Crippen molar-refractivity contribution in [2.45, 2.75) is 20.5 Å². The number of anilines is 1. The fourth-order valence-electron chi connectivity index (χ4n) is 1.57. The zero-order valence-electron chi connectivity index (χ0n) is 11.0. The third-order valence-corrected chi connectivity index (χ3v) is 3.47. The Labute approximate surface area is 121 Å². The van der Waals surface area contributed by atoms with E-state index in [1.165, 1.54) is 0 Å². The van der Waals surface area contributed by atoms with Crippen molar-refractivity contribution in [1.82, 2.24) is 9.97 Å². The van der Waals surface area contributed by atoms with Crippen LogP contribution in [0.15, 0.2) is 35.1 Å². The van der Waals surface area contributed by atoms with Gasteiger partial charge in [-0.1, -0.05) is 15.9 Å². The average Bonchev–Trinajstić information content (AvgIpc) is 2.42. The molecule has 0 aliphatic rings. The molecule has 0 spiro atoms. The number of ether oxygens (including phenoxy) is 1. The third kappa shape index (κ3) is 3.92. The molecule has 0 radical (unpaired) electrons. The Bertz CT molecular complexity index is 543. The van der Waals surface area contributed by atoms with Crippen LogP contribution in [0.3, 0.4) is 0 Å². The summed E-state index contributed by atoms with van der Waals surface area (Å²) in [4.78, 5) is 8.54. The lowest BCUT2D eigenvalue weighted by atomic mass is 10.2. The summed E-state index contributed by atoms with van der Waals surface area (Å²) < 4.78 is 6.76. The minimum atomic E-state index is 0.417. The van der Waals surface area contributed by atoms with Crippen molar-refractivity contribution in [3.63, 3.8) is 0 Å². The molecule has 19 heavy (non-hydrogen) atoms. The van der Waals surface area contributed by atoms with Gasteiger partial charge < -0.3 is 10.1 Å². The van der Waals surface area contributed by atoms with Crippen molar-refractivity contribution in [3.05, 3.63) is 46.3 Å². The summed E-state index contributed by atoms with van der Waals surface area (Å²) in [6.45, 7) is 5.31. The Kier molecular flexibility index (Phi) is 4.74. The predicted octanol–water partition coefficient (Wildman–Crippen LogP) is 3.56. The van der Waals surface area contributed by atoms with Crippen molar-refractivity contribution in [2.75, 3.05) is 11.9 Å². The van der Waals surface area contributed by atoms with Gasteiger partial charge in [0.2, 0.25) is 0 Å². The van der Waals surface area contributed by atoms with Crippen LogP contribution >= 0.6 is 15.9 Å². The Morgan fingerprint density at radius 1 is 1.26 bits per heavy atom. The van der Waals surface area contributed by atoms with Gasteiger partial charge in [0.1, 0.15) is 18.2 Å². The summed E-state index contributed by atoms with van der Waals surface area (Å²) in [5.41, 5.74) is 1.95. The van der Waals surface area contributed by atoms with Crippen LogP contribution in [0.4, 0.5) is 5.82 Å². The second-order valence-electron chi connectivity index (χ2n) is 4.12. The van der Waals surface area contributed by atoms with Crippen molar-refractivity contribution in [3.8, 4) is 5.75 Å². The number of nitrogens with one attached hydrogen (secondary N) is 1. The van der Waals surface area contributed by atoms with Crippen LogP contribution in [-0.4, -0.2) is 16.5 Å². The summed E-state index contributed by atoms with van der Waals surface area (Å²) in [5.74, 6) is 1.61. The first-order valence-electron chi connectivity index (χ1n) is 6.12. The van der Waals surface area contributed by atoms with E-state index in [1.807, 2.05) is 32.0 Å². The second kappa shape index (κ2) is 6.52. The van der Waals surface area contributed by atoms with Gasteiger partial charge in [-0.05, 0) is 37.6 Å². The normalized spacial score (nSPS) is 10.3. The Morgan fingerprint density at radius 2 is 2.11 bits per heavy atom. The molecular weight excluding hydrogens is 306 g/mol. The highest BCUT2D eigenvalue weighted by Crippen LogP contribution is 2.22. The smallest absolute Gasteiger partial charge is 0.144 e. The van der Waals surface area contributed by atoms with Gasteiger partial charge in [0.05, 0.1) is 18.1 Å². The topological polar surface area (TPSA) is 47.0 Å². The van der Waals surface area contributed by atoms with Crippen LogP contribution in [0, 0.1) is 6.92 Å². The highest BCUT2D eigenvalue weighted by atomic mass is 79.9. The molecule has 0 saturated carbocycles. The van der Waals surface area contributed by atoms with E-state index in [1.54, 1.807) is 12.4 Å². The largest absolute Gasteiger partial charge is 0.487 e. The molecule has 0 unspecified atom stereocenters. The quantitative estimate of drug-likeness (QED) is 0.914. The molecular formula is C14H16BrN3O. The first kappa shape index (κ1) is 13.8. The first-order chi connectivity index (χ1) is 9.19. The molecule has 0 atom stereocenters. The first-order valence-corrected chi connectivity index (χ1v) is 6.92. The maximum atomic E-state index is 5.68. The summed E-state index contributed by atoms with van der Waals surface area (Å²) in [6.07, 6.45) is 3.44. The van der Waals surface area contributed by atoms with E-state index in [0.29, 0.717) is 6.61 Å². The fourth-order valence-corrected chi connectivity index (χ4v) is 1.81. The molecule has 0 bridgehead atoms. The zero-order valence-corrected chi connectivity index (χ0v) is 12.6. The van der Waals surface area contributed by atoms with Gasteiger partial charge in [-0.15, -0.1) is 0 Å². The Morgan fingerprint density at radius 3 is 2.74 bits per heavy atom. The van der Waals surface area contributed by atoms with Crippen LogP contribution in [0.1, 0.15) is 18.2 Å². The molecule has 0 aliphatic heterocycles. The van der Waals surface area contributed by atoms with Crippen LogP contribution < -0.4 is 10.1 Å². The molecule has 1 aromatic heterocycles. The molecule has 1 aromatic carbocycles. The summed E-state index contributed by atoms with van der Waals surface area (Å²) in [6, 6.07) is 5.90. The molecule has 1 N–H and O–H groups in total. The fraction of sp³-hybridized carbons (Fsp3) is 0.286. The highest BCUT2D eigenvalue weighted by Gasteiger charge is 2.01. The van der Waals surface area contributed by atoms with Gasteiger partial charge in [-0.25, -0.2) is 4.98 Å². The van der Waals surface area contributed by atoms with E-state index in [9.17, 15) is 0 Å². The number of hydrogen-bond donors (Lipinski definition) is 1. The molecule has 0 fully saturated rings. The van der Waals surface area contributed by atoms with Gasteiger partial charge in [0.15, 0.2) is 0 Å². The molecule has 100 valence electrons. The molecule has 2 aromatic rings. The number of nitrogens with zero attached hydrogens (tertiary/aromatic N) is 2. The molecule has 0 saturated heterocycles. The Hall–Kier alpha value is -1.62. The highest BCUT2D eigenvalue weighted by molar-refractivity contribution is 9.10. The second-order valence-corrected chi connectivity index (χ2v) is 4.98. The number of hydrogen-bond acceptors (Lipinski definition) is 4. The minimum Gasteiger partial charge on any atom is -0.487 e. The van der Waals surface area contributed by atoms with Gasteiger partial charge in [0.25, 0.3) is 0 Å². The lowest BCUT2D eigenvalue weighted by Crippen LogP contribution is -2.03. The van der Waals surface area contributed by atoms with Crippen LogP contribution in [0.2, 0.25) is 0 Å².